The minimum atomic E-state index is -0.930. The lowest BCUT2D eigenvalue weighted by atomic mass is 10.2. The van der Waals surface area contributed by atoms with E-state index in [1.807, 2.05) is 30.1 Å². The topological polar surface area (TPSA) is 60.0 Å². The molecular weight excluding hydrogens is 230 g/mol. The van der Waals surface area contributed by atoms with Crippen molar-refractivity contribution in [1.29, 1.82) is 0 Å². The molecule has 0 radical (unpaired) electrons. The Balaban J connectivity index is 2.35. The average molecular weight is 247 g/mol. The normalized spacial score (nSPS) is 10.8. The van der Waals surface area contributed by atoms with E-state index in [1.54, 1.807) is 10.7 Å². The van der Waals surface area contributed by atoms with E-state index in [0.717, 1.165) is 18.4 Å². The van der Waals surface area contributed by atoms with Crippen LogP contribution in [0.5, 0.6) is 0 Å². The molecule has 0 spiro atoms. The molecule has 0 amide bonds. The van der Waals surface area contributed by atoms with Crippen molar-refractivity contribution in [2.75, 3.05) is 0 Å². The van der Waals surface area contributed by atoms with Crippen LogP contribution in [0.2, 0.25) is 0 Å². The molecule has 0 aromatic carbocycles. The van der Waals surface area contributed by atoms with E-state index >= 15 is 0 Å². The Bertz CT molecular complexity index is 554. The summed E-state index contributed by atoms with van der Waals surface area (Å²) in [7, 11) is 1.93. The van der Waals surface area contributed by atoms with Crippen molar-refractivity contribution in [2.45, 2.75) is 26.3 Å². The number of aromatic carboxylic acids is 1. The summed E-state index contributed by atoms with van der Waals surface area (Å²) in [5, 5.41) is 13.5. The summed E-state index contributed by atoms with van der Waals surface area (Å²) < 4.78 is 3.50. The van der Waals surface area contributed by atoms with Crippen molar-refractivity contribution in [3.63, 3.8) is 0 Å². The van der Waals surface area contributed by atoms with Gasteiger partial charge in [-0.25, -0.2) is 4.79 Å². The van der Waals surface area contributed by atoms with Gasteiger partial charge in [-0.05, 0) is 18.6 Å². The molecule has 96 valence electrons. The molecule has 0 aliphatic carbocycles. The van der Waals surface area contributed by atoms with Crippen LogP contribution in [0, 0.1) is 0 Å². The van der Waals surface area contributed by atoms with Gasteiger partial charge in [-0.2, -0.15) is 5.10 Å². The number of carboxylic acid groups (broad SMARTS) is 1. The molecule has 0 fully saturated rings. The fraction of sp³-hybridized carbons (Fsp3) is 0.385. The first-order valence-corrected chi connectivity index (χ1v) is 6.05. The fourth-order valence-electron chi connectivity index (χ4n) is 1.86. The van der Waals surface area contributed by atoms with Crippen LogP contribution in [0.1, 0.15) is 30.3 Å². The molecule has 0 saturated heterocycles. The molecule has 0 aliphatic rings. The maximum atomic E-state index is 11.2. The van der Waals surface area contributed by atoms with Crippen LogP contribution in [0.4, 0.5) is 0 Å². The summed E-state index contributed by atoms with van der Waals surface area (Å²) in [5.74, 6) is -0.930. The highest BCUT2D eigenvalue weighted by Crippen LogP contribution is 2.19. The number of aromatic nitrogens is 3. The van der Waals surface area contributed by atoms with Gasteiger partial charge in [0.25, 0.3) is 0 Å². The monoisotopic (exact) mass is 247 g/mol. The zero-order valence-corrected chi connectivity index (χ0v) is 10.6. The van der Waals surface area contributed by atoms with Gasteiger partial charge in [0.05, 0.1) is 5.69 Å². The lowest BCUT2D eigenvalue weighted by molar-refractivity contribution is 0.0683. The second-order valence-corrected chi connectivity index (χ2v) is 4.36. The third-order valence-electron chi connectivity index (χ3n) is 2.85. The number of hydrogen-bond donors (Lipinski definition) is 1. The third kappa shape index (κ3) is 2.45. The van der Waals surface area contributed by atoms with Crippen LogP contribution in [0.15, 0.2) is 24.5 Å². The van der Waals surface area contributed by atoms with Gasteiger partial charge in [-0.15, -0.1) is 0 Å². The number of carboxylic acids is 1. The van der Waals surface area contributed by atoms with Crippen LogP contribution in [0.25, 0.3) is 11.3 Å². The largest absolute Gasteiger partial charge is 0.477 e. The Hall–Kier alpha value is -2.04. The highest BCUT2D eigenvalue weighted by Gasteiger charge is 2.15. The first-order valence-electron chi connectivity index (χ1n) is 6.05. The van der Waals surface area contributed by atoms with Crippen molar-refractivity contribution in [3.8, 4) is 11.3 Å². The smallest absolute Gasteiger partial charge is 0.354 e. The quantitative estimate of drug-likeness (QED) is 0.882. The minimum Gasteiger partial charge on any atom is -0.477 e. The van der Waals surface area contributed by atoms with Crippen LogP contribution >= 0.6 is 0 Å². The number of carbonyl (C=O) groups is 1. The second-order valence-electron chi connectivity index (χ2n) is 4.36. The maximum Gasteiger partial charge on any atom is 0.354 e. The van der Waals surface area contributed by atoms with Crippen LogP contribution in [-0.4, -0.2) is 25.4 Å². The van der Waals surface area contributed by atoms with Crippen molar-refractivity contribution in [2.24, 2.45) is 7.05 Å². The number of rotatable bonds is 5. The van der Waals surface area contributed by atoms with E-state index in [9.17, 15) is 4.79 Å². The molecule has 2 aromatic rings. The number of aryl methyl sites for hydroxylation is 2. The molecule has 1 N–H and O–H groups in total. The molecule has 18 heavy (non-hydrogen) atoms. The lowest BCUT2D eigenvalue weighted by Gasteiger charge is -2.01. The van der Waals surface area contributed by atoms with Gasteiger partial charge in [0.1, 0.15) is 5.69 Å². The Morgan fingerprint density at radius 1 is 1.50 bits per heavy atom. The first-order chi connectivity index (χ1) is 8.61. The lowest BCUT2D eigenvalue weighted by Crippen LogP contribution is -2.09. The SMILES string of the molecule is CCCCn1nc(-c2ccn(C)c2)cc1C(=O)O. The van der Waals surface area contributed by atoms with E-state index < -0.39 is 5.97 Å². The van der Waals surface area contributed by atoms with Crippen LogP contribution < -0.4 is 0 Å². The van der Waals surface area contributed by atoms with Gasteiger partial charge in [0, 0.05) is 31.5 Å². The van der Waals surface area contributed by atoms with Crippen LogP contribution in [-0.2, 0) is 13.6 Å². The Morgan fingerprint density at radius 3 is 2.83 bits per heavy atom. The Labute approximate surface area is 106 Å². The molecule has 5 nitrogen and oxygen atoms in total. The molecule has 0 atom stereocenters. The van der Waals surface area contributed by atoms with Gasteiger partial charge >= 0.3 is 5.97 Å². The molecule has 5 heteroatoms. The third-order valence-corrected chi connectivity index (χ3v) is 2.85. The molecule has 2 aromatic heterocycles. The highest BCUT2D eigenvalue weighted by molar-refractivity contribution is 5.87. The van der Waals surface area contributed by atoms with Gasteiger partial charge in [0.15, 0.2) is 0 Å². The summed E-state index contributed by atoms with van der Waals surface area (Å²) in [4.78, 5) is 11.2. The minimum absolute atomic E-state index is 0.252. The van der Waals surface area contributed by atoms with Gasteiger partial charge in [0.2, 0.25) is 0 Å². The van der Waals surface area contributed by atoms with Gasteiger partial charge < -0.3 is 9.67 Å². The van der Waals surface area contributed by atoms with Gasteiger partial charge in [-0.1, -0.05) is 13.3 Å². The zero-order chi connectivity index (χ0) is 13.1. The highest BCUT2D eigenvalue weighted by atomic mass is 16.4. The second kappa shape index (κ2) is 5.08. The molecule has 0 saturated carbocycles. The number of unbranched alkanes of at least 4 members (excludes halogenated alkanes) is 1. The van der Waals surface area contributed by atoms with Crippen molar-refractivity contribution >= 4 is 5.97 Å². The molecule has 0 unspecified atom stereocenters. The van der Waals surface area contributed by atoms with E-state index in [-0.39, 0.29) is 5.69 Å². The van der Waals surface area contributed by atoms with Crippen molar-refractivity contribution in [3.05, 3.63) is 30.2 Å². The maximum absolute atomic E-state index is 11.2. The van der Waals surface area contributed by atoms with E-state index in [2.05, 4.69) is 12.0 Å². The van der Waals surface area contributed by atoms with Crippen molar-refractivity contribution < 1.29 is 9.90 Å². The van der Waals surface area contributed by atoms with Crippen molar-refractivity contribution in [1.82, 2.24) is 14.3 Å². The number of nitrogens with zero attached hydrogens (tertiary/aromatic N) is 3. The first kappa shape index (κ1) is 12.4. The van der Waals surface area contributed by atoms with E-state index in [0.29, 0.717) is 12.2 Å². The standard InChI is InChI=1S/C13H17N3O2/c1-3-4-6-16-12(13(17)18)8-11(14-16)10-5-7-15(2)9-10/h5,7-9H,3-4,6H2,1-2H3,(H,17,18). The Kier molecular flexibility index (Phi) is 3.50. The summed E-state index contributed by atoms with van der Waals surface area (Å²) in [5.41, 5.74) is 1.90. The predicted molar refractivity (Wildman–Crippen MR) is 68.5 cm³/mol. The molecule has 2 heterocycles. The fourth-order valence-corrected chi connectivity index (χ4v) is 1.86. The summed E-state index contributed by atoms with van der Waals surface area (Å²) in [6.07, 6.45) is 5.79. The van der Waals surface area contributed by atoms with Gasteiger partial charge in [-0.3, -0.25) is 4.68 Å². The zero-order valence-electron chi connectivity index (χ0n) is 10.6. The molecular formula is C13H17N3O2. The summed E-state index contributed by atoms with van der Waals surface area (Å²) in [6, 6.07) is 3.56. The average Bonchev–Trinajstić information content (AvgIpc) is 2.92. The number of hydrogen-bond acceptors (Lipinski definition) is 2. The molecule has 2 rings (SSSR count). The van der Waals surface area contributed by atoms with Crippen LogP contribution in [0.3, 0.4) is 0 Å². The summed E-state index contributed by atoms with van der Waals surface area (Å²) in [6.45, 7) is 2.72. The van der Waals surface area contributed by atoms with E-state index in [1.165, 1.54) is 0 Å². The summed E-state index contributed by atoms with van der Waals surface area (Å²) >= 11 is 0. The van der Waals surface area contributed by atoms with E-state index in [4.69, 9.17) is 5.11 Å². The molecule has 0 aliphatic heterocycles. The molecule has 0 bridgehead atoms. The Morgan fingerprint density at radius 2 is 2.28 bits per heavy atom. The predicted octanol–water partition coefficient (Wildman–Crippen LogP) is 2.39.